The van der Waals surface area contributed by atoms with Gasteiger partial charge in [-0.3, -0.25) is 4.79 Å². The number of anilines is 2. The van der Waals surface area contributed by atoms with Crippen LogP contribution in [0.1, 0.15) is 32.2 Å². The van der Waals surface area contributed by atoms with E-state index in [0.717, 1.165) is 53.7 Å². The van der Waals surface area contributed by atoms with E-state index in [1.807, 2.05) is 54.6 Å². The van der Waals surface area contributed by atoms with E-state index in [0.29, 0.717) is 0 Å². The molecule has 0 saturated heterocycles. The highest BCUT2D eigenvalue weighted by molar-refractivity contribution is 5.92. The molecule has 1 aliphatic heterocycles. The first-order valence-electron chi connectivity index (χ1n) is 11.7. The van der Waals surface area contributed by atoms with Gasteiger partial charge in [-0.1, -0.05) is 51.1 Å². The highest BCUT2D eigenvalue weighted by Gasteiger charge is 2.21. The van der Waals surface area contributed by atoms with Gasteiger partial charge >= 0.3 is 0 Å². The van der Waals surface area contributed by atoms with Gasteiger partial charge in [0.2, 0.25) is 0 Å². The molecule has 0 aliphatic carbocycles. The Labute approximate surface area is 200 Å². The van der Waals surface area contributed by atoms with E-state index in [2.05, 4.69) is 53.8 Å². The summed E-state index contributed by atoms with van der Waals surface area (Å²) in [7, 11) is 0. The van der Waals surface area contributed by atoms with Crippen molar-refractivity contribution >= 4 is 28.3 Å². The molecule has 0 spiro atoms. The summed E-state index contributed by atoms with van der Waals surface area (Å²) in [5, 5.41) is 2.93. The van der Waals surface area contributed by atoms with Crippen molar-refractivity contribution in [2.75, 3.05) is 23.4 Å². The molecule has 6 nitrogen and oxygen atoms in total. The second-order valence-corrected chi connectivity index (χ2v) is 9.72. The number of aromatic nitrogens is 2. The minimum absolute atomic E-state index is 0.0306. The van der Waals surface area contributed by atoms with Gasteiger partial charge in [-0.25, -0.2) is 4.98 Å². The summed E-state index contributed by atoms with van der Waals surface area (Å²) in [5.74, 6) is 1.65. The predicted octanol–water partition coefficient (Wildman–Crippen LogP) is 5.37. The Morgan fingerprint density at radius 1 is 0.971 bits per heavy atom. The van der Waals surface area contributed by atoms with Crippen molar-refractivity contribution in [3.8, 4) is 5.75 Å². The Kier molecular flexibility index (Phi) is 5.74. The lowest BCUT2D eigenvalue weighted by Crippen LogP contribution is -2.33. The number of nitrogens with zero attached hydrogens (tertiary/aromatic N) is 3. The number of carbonyl (C=O) groups excluding carboxylic acids is 1. The predicted molar refractivity (Wildman–Crippen MR) is 136 cm³/mol. The maximum absolute atomic E-state index is 12.5. The Morgan fingerprint density at radius 2 is 1.71 bits per heavy atom. The van der Waals surface area contributed by atoms with Crippen LogP contribution in [0.2, 0.25) is 0 Å². The molecule has 2 heterocycles. The molecule has 0 unspecified atom stereocenters. The zero-order valence-corrected chi connectivity index (χ0v) is 19.9. The molecule has 34 heavy (non-hydrogen) atoms. The van der Waals surface area contributed by atoms with Crippen LogP contribution in [-0.2, 0) is 23.3 Å². The number of nitrogens with one attached hydrogen (secondary N) is 1. The minimum atomic E-state index is -0.178. The molecular formula is C28H30N4O2. The molecule has 0 radical (unpaired) electrons. The number of amides is 1. The van der Waals surface area contributed by atoms with E-state index < -0.39 is 0 Å². The molecule has 0 bridgehead atoms. The number of ether oxygens (including phenoxy) is 1. The van der Waals surface area contributed by atoms with Crippen molar-refractivity contribution in [2.24, 2.45) is 0 Å². The lowest BCUT2D eigenvalue weighted by molar-refractivity contribution is -0.118. The van der Waals surface area contributed by atoms with Crippen molar-refractivity contribution in [3.63, 3.8) is 0 Å². The SMILES string of the molecule is CC(C)(C)c1ccccc1OCC(=O)Nc1ccc(N2CCn3c(nc4ccccc43)C2)cc1. The molecule has 0 atom stereocenters. The Morgan fingerprint density at radius 3 is 2.50 bits per heavy atom. The molecule has 4 aromatic rings. The molecule has 5 rings (SSSR count). The van der Waals surface area contributed by atoms with Gasteiger partial charge in [-0.15, -0.1) is 0 Å². The number of benzene rings is 3. The van der Waals surface area contributed by atoms with E-state index in [4.69, 9.17) is 9.72 Å². The number of imidazole rings is 1. The number of carbonyl (C=O) groups is 1. The van der Waals surface area contributed by atoms with Gasteiger partial charge in [-0.2, -0.15) is 0 Å². The van der Waals surface area contributed by atoms with Gasteiger partial charge < -0.3 is 19.5 Å². The van der Waals surface area contributed by atoms with Crippen molar-refractivity contribution in [2.45, 2.75) is 39.3 Å². The van der Waals surface area contributed by atoms with Crippen LogP contribution in [0, 0.1) is 0 Å². The lowest BCUT2D eigenvalue weighted by Gasteiger charge is -2.30. The summed E-state index contributed by atoms with van der Waals surface area (Å²) >= 11 is 0. The molecule has 0 saturated carbocycles. The first-order chi connectivity index (χ1) is 16.4. The summed E-state index contributed by atoms with van der Waals surface area (Å²) in [6, 6.07) is 24.1. The van der Waals surface area contributed by atoms with Gasteiger partial charge in [0.05, 0.1) is 17.6 Å². The number of fused-ring (bicyclic) bond motifs is 3. The second kappa shape index (κ2) is 8.86. The Bertz CT molecular complexity index is 1320. The first kappa shape index (κ1) is 22.0. The van der Waals surface area contributed by atoms with Crippen LogP contribution in [0.25, 0.3) is 11.0 Å². The van der Waals surface area contributed by atoms with Gasteiger partial charge in [-0.05, 0) is 53.4 Å². The van der Waals surface area contributed by atoms with Crippen LogP contribution >= 0.6 is 0 Å². The smallest absolute Gasteiger partial charge is 0.262 e. The molecule has 1 aromatic heterocycles. The summed E-state index contributed by atoms with van der Waals surface area (Å²) in [6.07, 6.45) is 0. The fraction of sp³-hybridized carbons (Fsp3) is 0.286. The topological polar surface area (TPSA) is 59.4 Å². The molecular weight excluding hydrogens is 424 g/mol. The average Bonchev–Trinajstić information content (AvgIpc) is 3.21. The average molecular weight is 455 g/mol. The number of hydrogen-bond donors (Lipinski definition) is 1. The third kappa shape index (κ3) is 4.49. The Balaban J connectivity index is 1.20. The number of hydrogen-bond acceptors (Lipinski definition) is 4. The fourth-order valence-corrected chi connectivity index (χ4v) is 4.49. The number of para-hydroxylation sites is 3. The molecule has 1 N–H and O–H groups in total. The van der Waals surface area contributed by atoms with Gasteiger partial charge in [0, 0.05) is 24.5 Å². The third-order valence-corrected chi connectivity index (χ3v) is 6.23. The standard InChI is InChI=1S/C28H30N4O2/c1-28(2,3)22-8-4-7-11-25(22)34-19-27(33)29-20-12-14-21(15-13-20)31-16-17-32-24-10-6-5-9-23(24)30-26(32)18-31/h4-15H,16-19H2,1-3H3,(H,29,33). The summed E-state index contributed by atoms with van der Waals surface area (Å²) in [5.41, 5.74) is 5.15. The van der Waals surface area contributed by atoms with Crippen molar-refractivity contribution < 1.29 is 9.53 Å². The maximum atomic E-state index is 12.5. The molecule has 1 amide bonds. The van der Waals surface area contributed by atoms with E-state index in [1.165, 1.54) is 5.52 Å². The lowest BCUT2D eigenvalue weighted by atomic mass is 9.86. The zero-order valence-electron chi connectivity index (χ0n) is 19.9. The normalized spacial score (nSPS) is 13.6. The third-order valence-electron chi connectivity index (χ3n) is 6.23. The molecule has 0 fully saturated rings. The summed E-state index contributed by atoms with van der Waals surface area (Å²) in [4.78, 5) is 19.6. The monoisotopic (exact) mass is 454 g/mol. The van der Waals surface area contributed by atoms with E-state index in [-0.39, 0.29) is 17.9 Å². The van der Waals surface area contributed by atoms with E-state index in [9.17, 15) is 4.79 Å². The molecule has 174 valence electrons. The highest BCUT2D eigenvalue weighted by atomic mass is 16.5. The number of rotatable bonds is 5. The van der Waals surface area contributed by atoms with Gasteiger partial charge in [0.1, 0.15) is 11.6 Å². The molecule has 1 aliphatic rings. The first-order valence-corrected chi connectivity index (χ1v) is 11.7. The highest BCUT2D eigenvalue weighted by Crippen LogP contribution is 2.31. The van der Waals surface area contributed by atoms with Crippen LogP contribution < -0.4 is 15.0 Å². The quantitative estimate of drug-likeness (QED) is 0.440. The summed E-state index contributed by atoms with van der Waals surface area (Å²) in [6.45, 7) is 8.96. The van der Waals surface area contributed by atoms with Crippen LogP contribution in [0.5, 0.6) is 5.75 Å². The second-order valence-electron chi connectivity index (χ2n) is 9.72. The zero-order chi connectivity index (χ0) is 23.7. The largest absolute Gasteiger partial charge is 0.483 e. The summed E-state index contributed by atoms with van der Waals surface area (Å²) < 4.78 is 8.15. The fourth-order valence-electron chi connectivity index (χ4n) is 4.49. The van der Waals surface area contributed by atoms with E-state index >= 15 is 0 Å². The van der Waals surface area contributed by atoms with Crippen LogP contribution in [-0.4, -0.2) is 28.6 Å². The van der Waals surface area contributed by atoms with Crippen LogP contribution in [0.3, 0.4) is 0 Å². The van der Waals surface area contributed by atoms with Crippen molar-refractivity contribution in [1.29, 1.82) is 0 Å². The minimum Gasteiger partial charge on any atom is -0.483 e. The molecule has 6 heteroatoms. The maximum Gasteiger partial charge on any atom is 0.262 e. The molecule has 3 aromatic carbocycles. The van der Waals surface area contributed by atoms with Crippen molar-refractivity contribution in [1.82, 2.24) is 9.55 Å². The Hall–Kier alpha value is -3.80. The van der Waals surface area contributed by atoms with Gasteiger partial charge in [0.15, 0.2) is 6.61 Å². The van der Waals surface area contributed by atoms with Crippen LogP contribution in [0.4, 0.5) is 11.4 Å². The van der Waals surface area contributed by atoms with Crippen molar-refractivity contribution in [3.05, 3.63) is 84.2 Å². The van der Waals surface area contributed by atoms with Crippen LogP contribution in [0.15, 0.2) is 72.8 Å². The van der Waals surface area contributed by atoms with Gasteiger partial charge in [0.25, 0.3) is 5.91 Å². The van der Waals surface area contributed by atoms with E-state index in [1.54, 1.807) is 0 Å².